The van der Waals surface area contributed by atoms with Crippen molar-refractivity contribution in [2.75, 3.05) is 11.9 Å². The highest BCUT2D eigenvalue weighted by molar-refractivity contribution is 7.15. The quantitative estimate of drug-likeness (QED) is 0.238. The Kier molecular flexibility index (Phi) is 9.47. The minimum absolute atomic E-state index is 0.0266. The molecule has 1 aliphatic rings. The van der Waals surface area contributed by atoms with E-state index in [1.54, 1.807) is 35.6 Å². The first kappa shape index (κ1) is 29.5. The van der Waals surface area contributed by atoms with Crippen molar-refractivity contribution in [2.24, 2.45) is 5.92 Å². The fraction of sp³-hybridized carbons (Fsp3) is 0.379. The van der Waals surface area contributed by atoms with Crippen molar-refractivity contribution in [2.45, 2.75) is 57.3 Å². The van der Waals surface area contributed by atoms with E-state index in [1.807, 2.05) is 6.92 Å². The Labute approximate surface area is 233 Å². The van der Waals surface area contributed by atoms with Crippen LogP contribution in [0.4, 0.5) is 23.4 Å². The number of nitrogens with one attached hydrogen (secondary N) is 2. The number of amides is 1. The number of alkyl halides is 3. The summed E-state index contributed by atoms with van der Waals surface area (Å²) < 4.78 is 51.0. The lowest BCUT2D eigenvalue weighted by Gasteiger charge is -2.32. The summed E-state index contributed by atoms with van der Waals surface area (Å²) in [6.07, 6.45) is -0.667. The molecule has 40 heavy (non-hydrogen) atoms. The van der Waals surface area contributed by atoms with Crippen LogP contribution in [0.5, 0.6) is 0 Å². The lowest BCUT2D eigenvalue weighted by Crippen LogP contribution is -2.36. The minimum Gasteiger partial charge on any atom is -0.380 e. The van der Waals surface area contributed by atoms with Crippen LogP contribution in [0.3, 0.4) is 0 Å². The molecule has 2 atom stereocenters. The second-order valence-electron chi connectivity index (χ2n) is 9.92. The van der Waals surface area contributed by atoms with Gasteiger partial charge in [0, 0.05) is 25.5 Å². The Morgan fingerprint density at radius 1 is 1.05 bits per heavy atom. The molecule has 11 heteroatoms. The van der Waals surface area contributed by atoms with Crippen molar-refractivity contribution < 1.29 is 37.3 Å². The second-order valence-corrected chi connectivity index (χ2v) is 11.2. The molecule has 0 saturated heterocycles. The summed E-state index contributed by atoms with van der Waals surface area (Å²) in [5.74, 6) is -1.67. The van der Waals surface area contributed by atoms with E-state index in [9.17, 15) is 32.4 Å². The molecule has 3 aromatic rings. The molecule has 1 aromatic heterocycles. The molecule has 4 rings (SSSR count). The number of hydrogen-bond donors (Lipinski definition) is 3. The number of carbonyl (C=O) groups is 2. The number of hydrogen-bond acceptors (Lipinski definition) is 6. The molecule has 1 aliphatic carbocycles. The Balaban J connectivity index is 1.52. The number of rotatable bonds is 9. The summed E-state index contributed by atoms with van der Waals surface area (Å²) >= 11 is 1.55. The van der Waals surface area contributed by atoms with Gasteiger partial charge in [-0.1, -0.05) is 31.4 Å². The normalized spacial score (nSPS) is 15.8. The van der Waals surface area contributed by atoms with Gasteiger partial charge in [-0.3, -0.25) is 9.74 Å². The van der Waals surface area contributed by atoms with Gasteiger partial charge in [0.1, 0.15) is 0 Å². The number of aliphatic hydroxyl groups excluding tert-OH is 1. The van der Waals surface area contributed by atoms with Gasteiger partial charge in [0.05, 0.1) is 18.2 Å². The highest BCUT2D eigenvalue weighted by atomic mass is 32.1. The van der Waals surface area contributed by atoms with Crippen molar-refractivity contribution in [1.29, 1.82) is 0 Å². The maximum atomic E-state index is 13.0. The first-order chi connectivity index (χ1) is 19.1. The zero-order valence-corrected chi connectivity index (χ0v) is 22.6. The largest absolute Gasteiger partial charge is 0.416 e. The van der Waals surface area contributed by atoms with Crippen molar-refractivity contribution in [3.63, 3.8) is 0 Å². The van der Waals surface area contributed by atoms with Crippen molar-refractivity contribution >= 4 is 28.9 Å². The number of thiophene rings is 1. The van der Waals surface area contributed by atoms with Gasteiger partial charge < -0.3 is 15.7 Å². The number of halogens is 4. The van der Waals surface area contributed by atoms with Crippen molar-refractivity contribution in [1.82, 2.24) is 5.32 Å². The zero-order chi connectivity index (χ0) is 28.9. The molecule has 1 saturated carbocycles. The third-order valence-corrected chi connectivity index (χ3v) is 8.30. The van der Waals surface area contributed by atoms with Crippen LogP contribution in [0.2, 0.25) is 0 Å². The average Bonchev–Trinajstić information content (AvgIpc) is 3.35. The van der Waals surface area contributed by atoms with Gasteiger partial charge in [0.25, 0.3) is 5.91 Å². The summed E-state index contributed by atoms with van der Waals surface area (Å²) in [4.78, 5) is 28.3. The van der Waals surface area contributed by atoms with Crippen LogP contribution < -0.4 is 10.6 Å². The molecule has 6 nitrogen and oxygen atoms in total. The van der Waals surface area contributed by atoms with Crippen LogP contribution in [0.1, 0.15) is 64.5 Å². The minimum atomic E-state index is -4.38. The van der Waals surface area contributed by atoms with E-state index in [2.05, 4.69) is 21.6 Å². The van der Waals surface area contributed by atoms with Gasteiger partial charge in [0.2, 0.25) is 0 Å². The molecule has 0 aliphatic heterocycles. The third-order valence-electron chi connectivity index (χ3n) is 7.18. The molecule has 1 amide bonds. The van der Waals surface area contributed by atoms with Crippen LogP contribution in [-0.4, -0.2) is 29.6 Å². The predicted octanol–water partition coefficient (Wildman–Crippen LogP) is 6.99. The average molecular weight is 579 g/mol. The molecule has 0 radical (unpaired) electrons. The monoisotopic (exact) mass is 578 g/mol. The fourth-order valence-corrected chi connectivity index (χ4v) is 6.08. The number of carbonyl (C=O) groups excluding carboxylic acids is 2. The highest BCUT2D eigenvalue weighted by Crippen LogP contribution is 2.42. The first-order valence-electron chi connectivity index (χ1n) is 13.0. The number of aliphatic hydroxyl groups is 1. The molecule has 214 valence electrons. The van der Waals surface area contributed by atoms with E-state index in [-0.39, 0.29) is 11.6 Å². The van der Waals surface area contributed by atoms with Crippen LogP contribution in [0.25, 0.3) is 10.4 Å². The van der Waals surface area contributed by atoms with Gasteiger partial charge in [0.15, 0.2) is 6.10 Å². The topological polar surface area (TPSA) is 87.7 Å². The van der Waals surface area contributed by atoms with Gasteiger partial charge in [-0.15, -0.1) is 11.3 Å². The molecule has 0 bridgehead atoms. The Morgan fingerprint density at radius 2 is 1.70 bits per heavy atom. The van der Waals surface area contributed by atoms with Crippen LogP contribution in [-0.2, 0) is 15.9 Å². The Morgan fingerprint density at radius 3 is 2.30 bits per heavy atom. The maximum absolute atomic E-state index is 13.0. The molecule has 1 fully saturated rings. The SMILES string of the molecule is Cc1sc(-c2ccc(C(F)(F)F)cc2)cc1C(Nc1ccc(C(=O)NCC(O)C(=O)OF)cc1)C1CCCCC1. The van der Waals surface area contributed by atoms with Crippen molar-refractivity contribution in [3.8, 4) is 10.4 Å². The lowest BCUT2D eigenvalue weighted by molar-refractivity contribution is -0.193. The molecular formula is C29H30F4N2O4S. The van der Waals surface area contributed by atoms with E-state index in [0.717, 1.165) is 64.4 Å². The van der Waals surface area contributed by atoms with Gasteiger partial charge in [-0.2, -0.15) is 13.2 Å². The molecule has 0 spiro atoms. The van der Waals surface area contributed by atoms with E-state index in [0.29, 0.717) is 5.92 Å². The summed E-state index contributed by atoms with van der Waals surface area (Å²) in [7, 11) is 0. The predicted molar refractivity (Wildman–Crippen MR) is 144 cm³/mol. The van der Waals surface area contributed by atoms with E-state index < -0.39 is 36.3 Å². The standard InChI is InChI=1S/C29H30F4N2O4S/c1-17-23(15-25(40-17)18-7-11-21(12-8-18)29(30,31)32)26(19-5-3-2-4-6-19)35-22-13-9-20(10-14-22)27(37)34-16-24(36)28(38)39-33/h7-15,19,24,26,35-36H,2-6,16H2,1H3,(H,34,37). The number of benzene rings is 2. The molecular weight excluding hydrogens is 548 g/mol. The second kappa shape index (κ2) is 12.8. The smallest absolute Gasteiger partial charge is 0.380 e. The maximum Gasteiger partial charge on any atom is 0.416 e. The fourth-order valence-electron chi connectivity index (χ4n) is 5.01. The molecule has 3 N–H and O–H groups in total. The Hall–Kier alpha value is -3.44. The van der Waals surface area contributed by atoms with E-state index in [1.165, 1.54) is 18.6 Å². The van der Waals surface area contributed by atoms with E-state index in [4.69, 9.17) is 0 Å². The first-order valence-corrected chi connectivity index (χ1v) is 13.8. The zero-order valence-electron chi connectivity index (χ0n) is 21.8. The summed E-state index contributed by atoms with van der Waals surface area (Å²) in [6.45, 7) is 1.52. The summed E-state index contributed by atoms with van der Waals surface area (Å²) in [6, 6.07) is 14.0. The molecule has 1 heterocycles. The Bertz CT molecular complexity index is 1300. The third kappa shape index (κ3) is 7.19. The summed E-state index contributed by atoms with van der Waals surface area (Å²) in [5.41, 5.74) is 2.23. The van der Waals surface area contributed by atoms with E-state index >= 15 is 0 Å². The highest BCUT2D eigenvalue weighted by Gasteiger charge is 2.31. The van der Waals surface area contributed by atoms with Crippen LogP contribution in [0, 0.1) is 12.8 Å². The summed E-state index contributed by atoms with van der Waals surface area (Å²) in [5, 5.41) is 15.4. The van der Waals surface area contributed by atoms with Crippen LogP contribution >= 0.6 is 11.3 Å². The van der Waals surface area contributed by atoms with Gasteiger partial charge in [-0.25, -0.2) is 4.79 Å². The van der Waals surface area contributed by atoms with Gasteiger partial charge in [-0.05, 0) is 79.3 Å². The lowest BCUT2D eigenvalue weighted by atomic mass is 9.81. The number of aryl methyl sites for hydroxylation is 1. The molecule has 2 unspecified atom stereocenters. The number of anilines is 1. The molecule has 2 aromatic carbocycles. The van der Waals surface area contributed by atoms with Gasteiger partial charge >= 0.3 is 12.1 Å². The van der Waals surface area contributed by atoms with Crippen molar-refractivity contribution in [3.05, 3.63) is 76.2 Å². The van der Waals surface area contributed by atoms with Crippen LogP contribution in [0.15, 0.2) is 54.6 Å².